The molecule has 0 radical (unpaired) electrons. The van der Waals surface area contributed by atoms with E-state index in [1.54, 1.807) is 12.5 Å². The molecular weight excluding hydrogens is 322 g/mol. The van der Waals surface area contributed by atoms with Crippen LogP contribution in [0.5, 0.6) is 0 Å². The molecule has 0 unspecified atom stereocenters. The highest BCUT2D eigenvalue weighted by molar-refractivity contribution is 5.78. The fourth-order valence-electron chi connectivity index (χ4n) is 4.28. The molecule has 8 nitrogen and oxygen atoms in total. The van der Waals surface area contributed by atoms with E-state index in [0.29, 0.717) is 19.5 Å². The summed E-state index contributed by atoms with van der Waals surface area (Å²) in [6.07, 6.45) is 6.34. The van der Waals surface area contributed by atoms with E-state index in [1.807, 2.05) is 4.90 Å². The number of piperidine rings is 2. The van der Waals surface area contributed by atoms with Gasteiger partial charge >= 0.3 is 0 Å². The van der Waals surface area contributed by atoms with Gasteiger partial charge in [-0.15, -0.1) is 0 Å². The maximum atomic E-state index is 12.5. The summed E-state index contributed by atoms with van der Waals surface area (Å²) >= 11 is 0. The Morgan fingerprint density at radius 2 is 2.04 bits per heavy atom. The Hall–Kier alpha value is -1.93. The van der Waals surface area contributed by atoms with Crippen molar-refractivity contribution in [3.8, 4) is 0 Å². The summed E-state index contributed by atoms with van der Waals surface area (Å²) in [4.78, 5) is 34.4. The number of nitrogens with one attached hydrogen (secondary N) is 1. The van der Waals surface area contributed by atoms with Crippen molar-refractivity contribution in [3.63, 3.8) is 0 Å². The molecule has 3 heterocycles. The second kappa shape index (κ2) is 7.53. The van der Waals surface area contributed by atoms with Crippen LogP contribution in [0, 0.1) is 11.3 Å². The molecule has 1 spiro atoms. The molecule has 2 aliphatic rings. The van der Waals surface area contributed by atoms with Crippen molar-refractivity contribution in [1.29, 1.82) is 0 Å². The summed E-state index contributed by atoms with van der Waals surface area (Å²) in [6.45, 7) is 3.35. The van der Waals surface area contributed by atoms with Crippen LogP contribution in [0.1, 0.15) is 25.0 Å². The Bertz CT molecular complexity index is 595. The van der Waals surface area contributed by atoms with E-state index in [-0.39, 0.29) is 29.8 Å². The molecule has 0 saturated carbocycles. The first-order valence-corrected chi connectivity index (χ1v) is 8.89. The fraction of sp³-hybridized carbons (Fsp3) is 0.706. The summed E-state index contributed by atoms with van der Waals surface area (Å²) in [7, 11) is 0. The maximum absolute atomic E-state index is 12.5. The number of aliphatic hydroxyl groups is 1. The zero-order chi connectivity index (χ0) is 17.9. The van der Waals surface area contributed by atoms with E-state index < -0.39 is 0 Å². The molecule has 0 aromatic carbocycles. The van der Waals surface area contributed by atoms with E-state index in [0.717, 1.165) is 44.6 Å². The Labute approximate surface area is 147 Å². The molecule has 3 rings (SSSR count). The lowest BCUT2D eigenvalue weighted by Gasteiger charge is -2.51. The van der Waals surface area contributed by atoms with Gasteiger partial charge in [0, 0.05) is 37.5 Å². The molecular formula is C17H27N5O3. The number of likely N-dealkylation sites (tertiary alicyclic amines) is 2. The van der Waals surface area contributed by atoms with Crippen LogP contribution in [0.3, 0.4) is 0 Å². The lowest BCUT2D eigenvalue weighted by atomic mass is 9.64. The molecule has 1 aromatic heterocycles. The highest BCUT2D eigenvalue weighted by Crippen LogP contribution is 2.45. The summed E-state index contributed by atoms with van der Waals surface area (Å²) in [5.41, 5.74) is 6.16. The van der Waals surface area contributed by atoms with Crippen molar-refractivity contribution >= 4 is 11.8 Å². The topological polar surface area (TPSA) is 116 Å². The zero-order valence-electron chi connectivity index (χ0n) is 14.5. The van der Waals surface area contributed by atoms with E-state index in [4.69, 9.17) is 5.73 Å². The van der Waals surface area contributed by atoms with Gasteiger partial charge in [0.05, 0.1) is 19.3 Å². The number of primary amides is 1. The van der Waals surface area contributed by atoms with Gasteiger partial charge in [-0.3, -0.25) is 14.5 Å². The van der Waals surface area contributed by atoms with Crippen molar-refractivity contribution in [3.05, 3.63) is 18.2 Å². The van der Waals surface area contributed by atoms with Gasteiger partial charge in [0.15, 0.2) is 0 Å². The van der Waals surface area contributed by atoms with Crippen molar-refractivity contribution in [2.45, 2.75) is 25.7 Å². The fourth-order valence-corrected chi connectivity index (χ4v) is 4.28. The van der Waals surface area contributed by atoms with Crippen LogP contribution in [-0.4, -0.2) is 76.0 Å². The van der Waals surface area contributed by atoms with Crippen LogP contribution in [-0.2, 0) is 16.0 Å². The van der Waals surface area contributed by atoms with Gasteiger partial charge in [0.1, 0.15) is 0 Å². The smallest absolute Gasteiger partial charge is 0.231 e. The van der Waals surface area contributed by atoms with Crippen molar-refractivity contribution in [2.24, 2.45) is 17.1 Å². The Kier molecular flexibility index (Phi) is 5.39. The average molecular weight is 349 g/mol. The number of aromatic nitrogens is 2. The van der Waals surface area contributed by atoms with E-state index in [9.17, 15) is 14.7 Å². The second-order valence-electron chi connectivity index (χ2n) is 7.33. The molecule has 1 aromatic rings. The lowest BCUT2D eigenvalue weighted by Crippen LogP contribution is -2.55. The van der Waals surface area contributed by atoms with E-state index >= 15 is 0 Å². The number of hydrogen-bond acceptors (Lipinski definition) is 5. The van der Waals surface area contributed by atoms with Crippen molar-refractivity contribution in [2.75, 3.05) is 39.3 Å². The first-order valence-electron chi connectivity index (χ1n) is 8.89. The number of nitrogens with zero attached hydrogens (tertiary/aromatic N) is 3. The number of aliphatic hydroxyl groups excluding tert-OH is 1. The highest BCUT2D eigenvalue weighted by Gasteiger charge is 2.45. The third-order valence-electron chi connectivity index (χ3n) is 5.89. The highest BCUT2D eigenvalue weighted by atomic mass is 16.3. The molecule has 0 aliphatic carbocycles. The number of carbonyl (C=O) groups excluding carboxylic acids is 2. The number of amides is 2. The van der Waals surface area contributed by atoms with Crippen molar-refractivity contribution in [1.82, 2.24) is 19.8 Å². The predicted octanol–water partition coefficient (Wildman–Crippen LogP) is -0.639. The van der Waals surface area contributed by atoms with Crippen LogP contribution >= 0.6 is 0 Å². The summed E-state index contributed by atoms with van der Waals surface area (Å²) < 4.78 is 0. The number of nitrogens with two attached hydrogens (primary N) is 1. The quantitative estimate of drug-likeness (QED) is 0.654. The minimum Gasteiger partial charge on any atom is -0.396 e. The van der Waals surface area contributed by atoms with Crippen molar-refractivity contribution < 1.29 is 14.7 Å². The normalized spacial score (nSPS) is 23.7. The molecule has 25 heavy (non-hydrogen) atoms. The maximum Gasteiger partial charge on any atom is 0.231 e. The van der Waals surface area contributed by atoms with Gasteiger partial charge < -0.3 is 20.7 Å². The van der Waals surface area contributed by atoms with Crippen LogP contribution < -0.4 is 5.73 Å². The van der Waals surface area contributed by atoms with E-state index in [1.165, 1.54) is 0 Å². The number of hydrogen-bond donors (Lipinski definition) is 3. The molecule has 2 aliphatic heterocycles. The molecule has 138 valence electrons. The monoisotopic (exact) mass is 349 g/mol. The third-order valence-corrected chi connectivity index (χ3v) is 5.89. The molecule has 0 bridgehead atoms. The number of H-pyrrole nitrogens is 1. The predicted molar refractivity (Wildman–Crippen MR) is 91.4 cm³/mol. The van der Waals surface area contributed by atoms with Crippen LogP contribution in [0.25, 0.3) is 0 Å². The average Bonchev–Trinajstić information content (AvgIpc) is 3.10. The summed E-state index contributed by atoms with van der Waals surface area (Å²) in [6, 6.07) is 0. The number of aromatic amines is 1. The second-order valence-corrected chi connectivity index (χ2v) is 7.33. The summed E-state index contributed by atoms with van der Waals surface area (Å²) in [5.74, 6) is -0.139. The Morgan fingerprint density at radius 3 is 2.64 bits per heavy atom. The van der Waals surface area contributed by atoms with Gasteiger partial charge in [0.25, 0.3) is 0 Å². The lowest BCUT2D eigenvalue weighted by molar-refractivity contribution is -0.137. The zero-order valence-corrected chi connectivity index (χ0v) is 14.5. The Morgan fingerprint density at radius 1 is 1.32 bits per heavy atom. The molecule has 1 atom stereocenters. The first kappa shape index (κ1) is 17.9. The Balaban J connectivity index is 1.58. The van der Waals surface area contributed by atoms with Gasteiger partial charge in [0.2, 0.25) is 11.8 Å². The van der Waals surface area contributed by atoms with Gasteiger partial charge in [-0.1, -0.05) is 0 Å². The van der Waals surface area contributed by atoms with Crippen LogP contribution in [0.4, 0.5) is 0 Å². The van der Waals surface area contributed by atoms with Crippen LogP contribution in [0.15, 0.2) is 12.5 Å². The van der Waals surface area contributed by atoms with Crippen LogP contribution in [0.2, 0.25) is 0 Å². The number of rotatable bonds is 5. The molecule has 2 saturated heterocycles. The standard InChI is InChI=1S/C17H27N5O3/c18-15(24)10-21-4-1-17(2-5-21)3-6-22(9-13(17)11-23)16(25)7-14-8-19-12-20-14/h8,12-13,23H,1-7,9-11H2,(H2,18,24)(H,19,20)/t13-/m1/s1. The molecule has 2 amide bonds. The van der Waals surface area contributed by atoms with E-state index in [2.05, 4.69) is 14.9 Å². The third kappa shape index (κ3) is 4.01. The van der Waals surface area contributed by atoms with Gasteiger partial charge in [-0.25, -0.2) is 4.98 Å². The first-order chi connectivity index (χ1) is 12.0. The molecule has 2 fully saturated rings. The minimum atomic E-state index is -0.297. The SMILES string of the molecule is NC(=O)CN1CCC2(CC1)CCN(C(=O)Cc1cnc[nH]1)C[C@@H]2CO. The largest absolute Gasteiger partial charge is 0.396 e. The van der Waals surface area contributed by atoms with Gasteiger partial charge in [-0.2, -0.15) is 0 Å². The number of carbonyl (C=O) groups is 2. The van der Waals surface area contributed by atoms with Gasteiger partial charge in [-0.05, 0) is 37.8 Å². The number of imidazole rings is 1. The molecule has 8 heteroatoms. The minimum absolute atomic E-state index is 0.0632. The summed E-state index contributed by atoms with van der Waals surface area (Å²) in [5, 5.41) is 9.93. The molecule has 4 N–H and O–H groups in total.